The van der Waals surface area contributed by atoms with Crippen molar-refractivity contribution in [2.24, 2.45) is 0 Å². The molecule has 1 N–H and O–H groups in total. The highest BCUT2D eigenvalue weighted by Gasteiger charge is 2.05. The van der Waals surface area contributed by atoms with E-state index in [1.807, 2.05) is 12.1 Å². The molecule has 1 rings (SSSR count). The molecule has 1 unspecified atom stereocenters. The van der Waals surface area contributed by atoms with Gasteiger partial charge in [0.1, 0.15) is 5.75 Å². The summed E-state index contributed by atoms with van der Waals surface area (Å²) in [7, 11) is 1.70. The zero-order valence-electron chi connectivity index (χ0n) is 11.6. The maximum absolute atomic E-state index is 5.56. The molecule has 0 aliphatic heterocycles. The van der Waals surface area contributed by atoms with Crippen molar-refractivity contribution in [2.45, 2.75) is 32.7 Å². The van der Waals surface area contributed by atoms with E-state index in [9.17, 15) is 0 Å². The van der Waals surface area contributed by atoms with Crippen LogP contribution < -0.4 is 10.1 Å². The Bertz CT molecular complexity index is 314. The van der Waals surface area contributed by atoms with Gasteiger partial charge in [0.2, 0.25) is 0 Å². The second-order valence-electron chi connectivity index (χ2n) is 4.29. The van der Waals surface area contributed by atoms with Crippen LogP contribution in [0.2, 0.25) is 0 Å². The third-order valence-electron chi connectivity index (χ3n) is 2.66. The number of hydrogen-bond donors (Lipinski definition) is 1. The average Bonchev–Trinajstić information content (AvgIpc) is 2.41. The van der Waals surface area contributed by atoms with Crippen molar-refractivity contribution < 1.29 is 9.47 Å². The lowest BCUT2D eigenvalue weighted by atomic mass is 10.2. The van der Waals surface area contributed by atoms with Crippen LogP contribution in [0.3, 0.4) is 0 Å². The van der Waals surface area contributed by atoms with Crippen molar-refractivity contribution in [3.8, 4) is 5.75 Å². The van der Waals surface area contributed by atoms with Crippen LogP contribution in [0.15, 0.2) is 18.3 Å². The van der Waals surface area contributed by atoms with E-state index in [1.54, 1.807) is 13.3 Å². The lowest BCUT2D eigenvalue weighted by molar-refractivity contribution is 0.172. The van der Waals surface area contributed by atoms with Crippen LogP contribution >= 0.6 is 0 Å². The molecular weight excluding hydrogens is 228 g/mol. The number of rotatable bonds is 9. The third kappa shape index (κ3) is 5.47. The van der Waals surface area contributed by atoms with E-state index in [-0.39, 0.29) is 6.04 Å². The first-order valence-electron chi connectivity index (χ1n) is 6.59. The topological polar surface area (TPSA) is 43.4 Å². The Kier molecular flexibility index (Phi) is 7.37. The van der Waals surface area contributed by atoms with Crippen LogP contribution in [0.1, 0.15) is 38.4 Å². The van der Waals surface area contributed by atoms with Gasteiger partial charge in [0.05, 0.1) is 18.5 Å². The molecule has 0 bridgehead atoms. The summed E-state index contributed by atoms with van der Waals surface area (Å²) in [6.45, 7) is 6.68. The van der Waals surface area contributed by atoms with Crippen LogP contribution in [0, 0.1) is 0 Å². The smallest absolute Gasteiger partial charge is 0.137 e. The monoisotopic (exact) mass is 252 g/mol. The predicted molar refractivity (Wildman–Crippen MR) is 72.9 cm³/mol. The van der Waals surface area contributed by atoms with Gasteiger partial charge in [0.25, 0.3) is 0 Å². The number of pyridine rings is 1. The van der Waals surface area contributed by atoms with E-state index >= 15 is 0 Å². The van der Waals surface area contributed by atoms with Crippen LogP contribution in [0.4, 0.5) is 0 Å². The minimum Gasteiger partial charge on any atom is -0.492 e. The predicted octanol–water partition coefficient (Wildman–Crippen LogP) is 2.56. The van der Waals surface area contributed by atoms with E-state index in [2.05, 4.69) is 24.1 Å². The fourth-order valence-corrected chi connectivity index (χ4v) is 1.59. The molecule has 1 heterocycles. The van der Waals surface area contributed by atoms with Gasteiger partial charge in [-0.3, -0.25) is 4.98 Å². The van der Waals surface area contributed by atoms with Gasteiger partial charge in [0, 0.05) is 26.2 Å². The molecule has 1 aromatic heterocycles. The molecule has 1 atom stereocenters. The lowest BCUT2D eigenvalue weighted by Gasteiger charge is -2.13. The van der Waals surface area contributed by atoms with Crippen LogP contribution in [-0.4, -0.2) is 31.9 Å². The Morgan fingerprint density at radius 2 is 2.17 bits per heavy atom. The fraction of sp³-hybridized carbons (Fsp3) is 0.643. The van der Waals surface area contributed by atoms with E-state index in [0.717, 1.165) is 37.4 Å². The van der Waals surface area contributed by atoms with Gasteiger partial charge >= 0.3 is 0 Å². The Morgan fingerprint density at radius 1 is 1.33 bits per heavy atom. The first-order valence-corrected chi connectivity index (χ1v) is 6.59. The van der Waals surface area contributed by atoms with E-state index in [1.165, 1.54) is 0 Å². The number of methoxy groups -OCH3 is 1. The van der Waals surface area contributed by atoms with Gasteiger partial charge in [-0.25, -0.2) is 0 Å². The SMILES string of the molecule is CCCNC(C)c1ccc(OCCCOC)cn1. The lowest BCUT2D eigenvalue weighted by Crippen LogP contribution is -2.20. The molecular formula is C14H24N2O2. The third-order valence-corrected chi connectivity index (χ3v) is 2.66. The van der Waals surface area contributed by atoms with Crippen molar-refractivity contribution >= 4 is 0 Å². The zero-order valence-corrected chi connectivity index (χ0v) is 11.6. The van der Waals surface area contributed by atoms with Gasteiger partial charge in [-0.15, -0.1) is 0 Å². The molecule has 0 saturated carbocycles. The van der Waals surface area contributed by atoms with Crippen molar-refractivity contribution in [1.29, 1.82) is 0 Å². The van der Waals surface area contributed by atoms with Gasteiger partial charge in [-0.05, 0) is 32.0 Å². The normalized spacial score (nSPS) is 12.4. The molecule has 0 amide bonds. The molecule has 1 aromatic rings. The molecule has 0 spiro atoms. The molecule has 0 radical (unpaired) electrons. The maximum Gasteiger partial charge on any atom is 0.137 e. The molecule has 18 heavy (non-hydrogen) atoms. The standard InChI is InChI=1S/C14H24N2O2/c1-4-8-15-12(2)14-7-6-13(11-16-14)18-10-5-9-17-3/h6-7,11-12,15H,4-5,8-10H2,1-3H3. The first kappa shape index (κ1) is 14.9. The summed E-state index contributed by atoms with van der Waals surface area (Å²) in [5.41, 5.74) is 1.05. The van der Waals surface area contributed by atoms with Crippen molar-refractivity contribution in [3.05, 3.63) is 24.0 Å². The number of ether oxygens (including phenoxy) is 2. The molecule has 0 fully saturated rings. The number of aromatic nitrogens is 1. The summed E-state index contributed by atoms with van der Waals surface area (Å²) in [6.07, 6.45) is 3.81. The molecule has 4 heteroatoms. The molecule has 0 saturated heterocycles. The van der Waals surface area contributed by atoms with Crippen molar-refractivity contribution in [2.75, 3.05) is 26.9 Å². The summed E-state index contributed by atoms with van der Waals surface area (Å²) in [5.74, 6) is 0.817. The van der Waals surface area contributed by atoms with Crippen LogP contribution in [0.5, 0.6) is 5.75 Å². The highest BCUT2D eigenvalue weighted by atomic mass is 16.5. The van der Waals surface area contributed by atoms with Gasteiger partial charge in [-0.1, -0.05) is 6.92 Å². The first-order chi connectivity index (χ1) is 8.77. The summed E-state index contributed by atoms with van der Waals surface area (Å²) >= 11 is 0. The van der Waals surface area contributed by atoms with Gasteiger partial charge in [0.15, 0.2) is 0 Å². The van der Waals surface area contributed by atoms with E-state index < -0.39 is 0 Å². The molecule has 0 aliphatic carbocycles. The quantitative estimate of drug-likeness (QED) is 0.686. The minimum atomic E-state index is 0.285. The minimum absolute atomic E-state index is 0.285. The highest BCUT2D eigenvalue weighted by Crippen LogP contribution is 2.14. The second-order valence-corrected chi connectivity index (χ2v) is 4.29. The largest absolute Gasteiger partial charge is 0.492 e. The van der Waals surface area contributed by atoms with Crippen molar-refractivity contribution in [1.82, 2.24) is 10.3 Å². The van der Waals surface area contributed by atoms with E-state index in [0.29, 0.717) is 6.61 Å². The highest BCUT2D eigenvalue weighted by molar-refractivity contribution is 5.21. The zero-order chi connectivity index (χ0) is 13.2. The van der Waals surface area contributed by atoms with Gasteiger partial charge < -0.3 is 14.8 Å². The Labute approximate surface area is 110 Å². The van der Waals surface area contributed by atoms with Crippen LogP contribution in [-0.2, 0) is 4.74 Å². The maximum atomic E-state index is 5.56. The Morgan fingerprint density at radius 3 is 2.78 bits per heavy atom. The summed E-state index contributed by atoms with van der Waals surface area (Å²) in [6, 6.07) is 4.27. The van der Waals surface area contributed by atoms with Gasteiger partial charge in [-0.2, -0.15) is 0 Å². The second kappa shape index (κ2) is 8.89. The summed E-state index contributed by atoms with van der Waals surface area (Å²) < 4.78 is 10.5. The average molecular weight is 252 g/mol. The van der Waals surface area contributed by atoms with Crippen molar-refractivity contribution in [3.63, 3.8) is 0 Å². The van der Waals surface area contributed by atoms with Crippen LogP contribution in [0.25, 0.3) is 0 Å². The fourth-order valence-electron chi connectivity index (χ4n) is 1.59. The molecule has 102 valence electrons. The number of nitrogens with zero attached hydrogens (tertiary/aromatic N) is 1. The summed E-state index contributed by atoms with van der Waals surface area (Å²) in [4.78, 5) is 4.41. The summed E-state index contributed by atoms with van der Waals surface area (Å²) in [5, 5.41) is 3.41. The van der Waals surface area contributed by atoms with E-state index in [4.69, 9.17) is 9.47 Å². The number of nitrogens with one attached hydrogen (secondary N) is 1. The molecule has 0 aromatic carbocycles. The Balaban J connectivity index is 2.37. The number of hydrogen-bond acceptors (Lipinski definition) is 4. The molecule has 4 nitrogen and oxygen atoms in total. The Hall–Kier alpha value is -1.13. The molecule has 0 aliphatic rings.